The molecule has 2 aromatic carbocycles. The summed E-state index contributed by atoms with van der Waals surface area (Å²) in [6.07, 6.45) is 2.45. The van der Waals surface area contributed by atoms with Crippen molar-refractivity contribution >= 4 is 10.9 Å². The van der Waals surface area contributed by atoms with Gasteiger partial charge in [-0.15, -0.1) is 0 Å². The largest absolute Gasteiger partial charge is 0.468 e. The van der Waals surface area contributed by atoms with E-state index >= 15 is 0 Å². The minimum atomic E-state index is -0.0981. The Bertz CT molecular complexity index is 1190. The second kappa shape index (κ2) is 8.05. The standard InChI is InChI=1S/C24H25N3O2/c1-4-21(25-15-19-8-7-13-29-19)23-26-22-10-6-5-9-20(22)24(28)27(23)18-12-11-16(2)17(3)14-18/h5-14,21,25H,4,15H2,1-3H3/t21-/m1/s1. The fourth-order valence-electron chi connectivity index (χ4n) is 3.55. The van der Waals surface area contributed by atoms with Crippen molar-refractivity contribution in [2.75, 3.05) is 0 Å². The first-order valence-corrected chi connectivity index (χ1v) is 9.93. The van der Waals surface area contributed by atoms with Crippen molar-refractivity contribution in [2.45, 2.75) is 39.8 Å². The summed E-state index contributed by atoms with van der Waals surface area (Å²) < 4.78 is 7.20. The van der Waals surface area contributed by atoms with Crippen molar-refractivity contribution in [3.63, 3.8) is 0 Å². The van der Waals surface area contributed by atoms with E-state index in [0.717, 1.165) is 23.4 Å². The molecule has 1 N–H and O–H groups in total. The molecular weight excluding hydrogens is 362 g/mol. The van der Waals surface area contributed by atoms with Gasteiger partial charge in [0.15, 0.2) is 0 Å². The summed E-state index contributed by atoms with van der Waals surface area (Å²) in [6, 6.07) is 17.3. The van der Waals surface area contributed by atoms with Crippen LogP contribution >= 0.6 is 0 Å². The van der Waals surface area contributed by atoms with Crippen LogP contribution in [0.5, 0.6) is 0 Å². The van der Waals surface area contributed by atoms with Crippen molar-refractivity contribution < 1.29 is 4.42 Å². The van der Waals surface area contributed by atoms with Gasteiger partial charge in [0.05, 0.1) is 35.4 Å². The lowest BCUT2D eigenvalue weighted by molar-refractivity contribution is 0.428. The molecule has 29 heavy (non-hydrogen) atoms. The number of para-hydroxylation sites is 1. The topological polar surface area (TPSA) is 60.1 Å². The van der Waals surface area contributed by atoms with Gasteiger partial charge in [-0.2, -0.15) is 0 Å². The Kier molecular flexibility index (Phi) is 5.32. The molecule has 5 heteroatoms. The number of rotatable bonds is 6. The first kappa shape index (κ1) is 19.2. The maximum absolute atomic E-state index is 13.5. The van der Waals surface area contributed by atoms with E-state index in [-0.39, 0.29) is 11.6 Å². The van der Waals surface area contributed by atoms with Crippen molar-refractivity contribution in [1.29, 1.82) is 0 Å². The summed E-state index contributed by atoms with van der Waals surface area (Å²) in [5.74, 6) is 1.57. The van der Waals surface area contributed by atoms with Gasteiger partial charge in [-0.1, -0.05) is 25.1 Å². The molecule has 0 bridgehead atoms. The first-order chi connectivity index (χ1) is 14.1. The summed E-state index contributed by atoms with van der Waals surface area (Å²) in [5.41, 5.74) is 3.84. The number of aryl methyl sites for hydroxylation is 2. The van der Waals surface area contributed by atoms with Crippen LogP contribution in [-0.4, -0.2) is 9.55 Å². The Morgan fingerprint density at radius 1 is 1.07 bits per heavy atom. The maximum Gasteiger partial charge on any atom is 0.266 e. The number of benzene rings is 2. The molecule has 0 amide bonds. The Balaban J connectivity index is 1.88. The maximum atomic E-state index is 13.5. The Morgan fingerprint density at radius 2 is 1.90 bits per heavy atom. The number of furan rings is 1. The number of hydrogen-bond donors (Lipinski definition) is 1. The van der Waals surface area contributed by atoms with Crippen molar-refractivity contribution in [3.8, 4) is 5.69 Å². The minimum Gasteiger partial charge on any atom is -0.468 e. The van der Waals surface area contributed by atoms with Crippen LogP contribution in [-0.2, 0) is 6.54 Å². The van der Waals surface area contributed by atoms with E-state index in [9.17, 15) is 4.79 Å². The van der Waals surface area contributed by atoms with Crippen LogP contribution in [0, 0.1) is 13.8 Å². The molecule has 4 aromatic rings. The highest BCUT2D eigenvalue weighted by molar-refractivity contribution is 5.77. The molecule has 1 atom stereocenters. The van der Waals surface area contributed by atoms with Gasteiger partial charge in [0.2, 0.25) is 0 Å². The normalized spacial score (nSPS) is 12.4. The number of aromatic nitrogens is 2. The number of nitrogens with zero attached hydrogens (tertiary/aromatic N) is 2. The third kappa shape index (κ3) is 3.74. The van der Waals surface area contributed by atoms with Crippen LogP contribution in [0.2, 0.25) is 0 Å². The van der Waals surface area contributed by atoms with E-state index in [1.807, 2.05) is 48.5 Å². The predicted molar refractivity (Wildman–Crippen MR) is 115 cm³/mol. The second-order valence-electron chi connectivity index (χ2n) is 7.32. The zero-order chi connectivity index (χ0) is 20.4. The molecule has 0 saturated heterocycles. The van der Waals surface area contributed by atoms with Crippen molar-refractivity contribution in [2.24, 2.45) is 0 Å². The molecule has 2 heterocycles. The zero-order valence-electron chi connectivity index (χ0n) is 17.0. The number of hydrogen-bond acceptors (Lipinski definition) is 4. The second-order valence-corrected chi connectivity index (χ2v) is 7.32. The lowest BCUT2D eigenvalue weighted by atomic mass is 10.1. The summed E-state index contributed by atoms with van der Waals surface area (Å²) >= 11 is 0. The van der Waals surface area contributed by atoms with Crippen LogP contribution in [0.15, 0.2) is 70.1 Å². The molecule has 5 nitrogen and oxygen atoms in total. The molecule has 0 saturated carbocycles. The Morgan fingerprint density at radius 3 is 2.62 bits per heavy atom. The van der Waals surface area contributed by atoms with Crippen LogP contribution in [0.4, 0.5) is 0 Å². The Hall–Kier alpha value is -3.18. The monoisotopic (exact) mass is 387 g/mol. The molecular formula is C24H25N3O2. The number of nitrogens with one attached hydrogen (secondary N) is 1. The molecule has 148 valence electrons. The molecule has 2 aromatic heterocycles. The molecule has 4 rings (SSSR count). The fourth-order valence-corrected chi connectivity index (χ4v) is 3.55. The van der Waals surface area contributed by atoms with E-state index in [2.05, 4.69) is 32.2 Å². The third-order valence-electron chi connectivity index (χ3n) is 5.37. The molecule has 0 spiro atoms. The smallest absolute Gasteiger partial charge is 0.266 e. The predicted octanol–water partition coefficient (Wildman–Crippen LogP) is 4.84. The average Bonchev–Trinajstić information content (AvgIpc) is 3.25. The highest BCUT2D eigenvalue weighted by atomic mass is 16.3. The van der Waals surface area contributed by atoms with Gasteiger partial charge in [-0.3, -0.25) is 9.36 Å². The van der Waals surface area contributed by atoms with Crippen molar-refractivity contribution in [1.82, 2.24) is 14.9 Å². The summed E-state index contributed by atoms with van der Waals surface area (Å²) in [7, 11) is 0. The van der Waals surface area contributed by atoms with E-state index in [0.29, 0.717) is 23.3 Å². The zero-order valence-corrected chi connectivity index (χ0v) is 17.0. The van der Waals surface area contributed by atoms with E-state index in [1.165, 1.54) is 5.56 Å². The van der Waals surface area contributed by atoms with Crippen LogP contribution in [0.25, 0.3) is 16.6 Å². The molecule has 0 fully saturated rings. The fraction of sp³-hybridized carbons (Fsp3) is 0.250. The number of fused-ring (bicyclic) bond motifs is 1. The Labute approximate surface area is 170 Å². The first-order valence-electron chi connectivity index (χ1n) is 9.93. The summed E-state index contributed by atoms with van der Waals surface area (Å²) in [6.45, 7) is 6.79. The third-order valence-corrected chi connectivity index (χ3v) is 5.37. The van der Waals surface area contributed by atoms with E-state index < -0.39 is 0 Å². The van der Waals surface area contributed by atoms with Gasteiger partial charge >= 0.3 is 0 Å². The molecule has 0 aliphatic rings. The molecule has 0 aliphatic heterocycles. The van der Waals surface area contributed by atoms with Crippen LogP contribution < -0.4 is 10.9 Å². The van der Waals surface area contributed by atoms with Gasteiger partial charge < -0.3 is 9.73 Å². The highest BCUT2D eigenvalue weighted by Gasteiger charge is 2.20. The van der Waals surface area contributed by atoms with Gasteiger partial charge in [0, 0.05) is 0 Å². The van der Waals surface area contributed by atoms with Crippen LogP contribution in [0.3, 0.4) is 0 Å². The average molecular weight is 387 g/mol. The molecule has 0 unspecified atom stereocenters. The van der Waals surface area contributed by atoms with Crippen LogP contribution in [0.1, 0.15) is 42.1 Å². The summed E-state index contributed by atoms with van der Waals surface area (Å²) in [4.78, 5) is 18.4. The van der Waals surface area contributed by atoms with Gasteiger partial charge in [-0.25, -0.2) is 4.98 Å². The molecule has 0 aliphatic carbocycles. The van der Waals surface area contributed by atoms with Gasteiger partial charge in [0.25, 0.3) is 5.56 Å². The van der Waals surface area contributed by atoms with Crippen molar-refractivity contribution in [3.05, 3.63) is 93.9 Å². The van der Waals surface area contributed by atoms with E-state index in [1.54, 1.807) is 10.8 Å². The van der Waals surface area contributed by atoms with Gasteiger partial charge in [0.1, 0.15) is 11.6 Å². The highest BCUT2D eigenvalue weighted by Crippen LogP contribution is 2.22. The minimum absolute atomic E-state index is 0.0490. The molecule has 0 radical (unpaired) electrons. The lowest BCUT2D eigenvalue weighted by Crippen LogP contribution is -2.31. The lowest BCUT2D eigenvalue weighted by Gasteiger charge is -2.22. The summed E-state index contributed by atoms with van der Waals surface area (Å²) in [5, 5.41) is 4.12. The van der Waals surface area contributed by atoms with E-state index in [4.69, 9.17) is 9.40 Å². The quantitative estimate of drug-likeness (QED) is 0.514. The van der Waals surface area contributed by atoms with Gasteiger partial charge in [-0.05, 0) is 67.8 Å². The SMILES string of the molecule is CC[C@@H](NCc1ccco1)c1nc2ccccc2c(=O)n1-c1ccc(C)c(C)c1.